The minimum atomic E-state index is -4.86. The quantitative estimate of drug-likeness (QED) is 0.453. The molecule has 10 heteroatoms. The number of anilines is 1. The third kappa shape index (κ3) is 4.40. The van der Waals surface area contributed by atoms with E-state index in [2.05, 4.69) is 10.4 Å². The maximum Gasteiger partial charge on any atom is 0.324 e. The molecule has 0 bridgehead atoms. The van der Waals surface area contributed by atoms with Crippen molar-refractivity contribution in [2.24, 2.45) is 5.11 Å². The summed E-state index contributed by atoms with van der Waals surface area (Å²) < 4.78 is 30.3. The van der Waals surface area contributed by atoms with Crippen molar-refractivity contribution in [3.8, 4) is 0 Å². The summed E-state index contributed by atoms with van der Waals surface area (Å²) in [5.74, 6) is -2.70. The van der Waals surface area contributed by atoms with Crippen molar-refractivity contribution >= 4 is 33.4 Å². The minimum Gasteiger partial charge on any atom is -0.480 e. The number of nitrogens with zero attached hydrogens (tertiary/aromatic N) is 1. The zero-order chi connectivity index (χ0) is 15.3. The van der Waals surface area contributed by atoms with Gasteiger partial charge in [-0.2, -0.15) is 13.5 Å². The van der Waals surface area contributed by atoms with Gasteiger partial charge in [0.1, 0.15) is 0 Å². The van der Waals surface area contributed by atoms with E-state index >= 15 is 0 Å². The Bertz CT molecular complexity index is 625. The van der Waals surface area contributed by atoms with Crippen LogP contribution in [-0.2, 0) is 19.7 Å². The largest absolute Gasteiger partial charge is 0.480 e. The van der Waals surface area contributed by atoms with Crippen LogP contribution in [-0.4, -0.2) is 35.2 Å². The van der Waals surface area contributed by atoms with Gasteiger partial charge >= 0.3 is 5.97 Å². The Kier molecular flexibility index (Phi) is 4.88. The lowest BCUT2D eigenvalue weighted by Gasteiger charge is -2.09. The fraction of sp³-hybridized carbons (Fsp3) is 0.200. The number of carbonyl (C=O) groups excluding carboxylic acids is 1. The number of benzene rings is 1. The van der Waals surface area contributed by atoms with Crippen molar-refractivity contribution in [1.82, 2.24) is 0 Å². The van der Waals surface area contributed by atoms with Crippen LogP contribution in [0.1, 0.15) is 6.42 Å². The fourth-order valence-corrected chi connectivity index (χ4v) is 1.94. The highest BCUT2D eigenvalue weighted by Crippen LogP contribution is 2.16. The molecular formula is C10H11N3O6S. The highest BCUT2D eigenvalue weighted by molar-refractivity contribution is 7.87. The van der Waals surface area contributed by atoms with E-state index in [4.69, 9.17) is 15.2 Å². The highest BCUT2D eigenvalue weighted by Gasteiger charge is 2.33. The molecule has 108 valence electrons. The first kappa shape index (κ1) is 15.7. The molecule has 0 aliphatic rings. The summed E-state index contributed by atoms with van der Waals surface area (Å²) in [5.41, 5.74) is 7.37. The SMILES string of the molecule is N=Nc1ccc(NC(=O)CC(C(=O)O)S(=O)(=O)O)cc1. The van der Waals surface area contributed by atoms with Crippen LogP contribution < -0.4 is 5.32 Å². The molecule has 1 atom stereocenters. The number of hydrogen-bond acceptors (Lipinski definition) is 6. The summed E-state index contributed by atoms with van der Waals surface area (Å²) >= 11 is 0. The van der Waals surface area contributed by atoms with Crippen LogP contribution in [0.5, 0.6) is 0 Å². The molecule has 0 fully saturated rings. The molecule has 1 aromatic carbocycles. The number of amides is 1. The number of carboxylic acid groups (broad SMARTS) is 1. The second-order valence-electron chi connectivity index (χ2n) is 3.75. The van der Waals surface area contributed by atoms with E-state index in [1.54, 1.807) is 0 Å². The molecule has 0 heterocycles. The van der Waals surface area contributed by atoms with Crippen molar-refractivity contribution in [3.05, 3.63) is 24.3 Å². The van der Waals surface area contributed by atoms with Crippen LogP contribution in [0.15, 0.2) is 29.4 Å². The second kappa shape index (κ2) is 6.21. The van der Waals surface area contributed by atoms with Crippen molar-refractivity contribution in [2.45, 2.75) is 11.7 Å². The molecule has 0 saturated heterocycles. The average Bonchev–Trinajstić information content (AvgIpc) is 2.35. The van der Waals surface area contributed by atoms with Gasteiger partial charge in [0.15, 0.2) is 5.25 Å². The van der Waals surface area contributed by atoms with Gasteiger partial charge in [-0.25, -0.2) is 5.53 Å². The first-order chi connectivity index (χ1) is 9.24. The normalized spacial score (nSPS) is 12.4. The third-order valence-electron chi connectivity index (χ3n) is 2.29. The molecule has 1 amide bonds. The zero-order valence-electron chi connectivity index (χ0n) is 9.98. The molecule has 1 aromatic rings. The van der Waals surface area contributed by atoms with Gasteiger partial charge in [-0.15, -0.1) is 0 Å². The van der Waals surface area contributed by atoms with Crippen molar-refractivity contribution in [1.29, 1.82) is 5.53 Å². The van der Waals surface area contributed by atoms with Crippen LogP contribution in [0.3, 0.4) is 0 Å². The van der Waals surface area contributed by atoms with Crippen LogP contribution in [0.25, 0.3) is 0 Å². The Morgan fingerprint density at radius 3 is 2.25 bits per heavy atom. The molecule has 0 saturated carbocycles. The highest BCUT2D eigenvalue weighted by atomic mass is 32.2. The van der Waals surface area contributed by atoms with E-state index in [1.165, 1.54) is 24.3 Å². The van der Waals surface area contributed by atoms with Crippen LogP contribution in [0.4, 0.5) is 11.4 Å². The lowest BCUT2D eigenvalue weighted by molar-refractivity contribution is -0.138. The van der Waals surface area contributed by atoms with E-state index in [0.29, 0.717) is 5.69 Å². The van der Waals surface area contributed by atoms with E-state index in [-0.39, 0.29) is 5.69 Å². The zero-order valence-corrected chi connectivity index (χ0v) is 10.8. The molecule has 9 nitrogen and oxygen atoms in total. The van der Waals surface area contributed by atoms with E-state index in [9.17, 15) is 18.0 Å². The molecule has 0 aromatic heterocycles. The number of carboxylic acids is 1. The molecule has 0 radical (unpaired) electrons. The maximum atomic E-state index is 11.5. The van der Waals surface area contributed by atoms with Gasteiger partial charge < -0.3 is 10.4 Å². The molecule has 1 unspecified atom stereocenters. The average molecular weight is 301 g/mol. The number of nitrogens with one attached hydrogen (secondary N) is 2. The van der Waals surface area contributed by atoms with Gasteiger partial charge in [0, 0.05) is 5.69 Å². The van der Waals surface area contributed by atoms with Crippen molar-refractivity contribution in [2.75, 3.05) is 5.32 Å². The van der Waals surface area contributed by atoms with Crippen LogP contribution in [0.2, 0.25) is 0 Å². The Hall–Kier alpha value is -2.33. The van der Waals surface area contributed by atoms with Crippen LogP contribution in [0, 0.1) is 5.53 Å². The smallest absolute Gasteiger partial charge is 0.324 e. The first-order valence-corrected chi connectivity index (χ1v) is 6.71. The molecule has 0 aliphatic heterocycles. The van der Waals surface area contributed by atoms with Gasteiger partial charge in [0.2, 0.25) is 5.91 Å². The standard InChI is InChI=1S/C10H11N3O6S/c11-13-7-3-1-6(2-4-7)12-9(14)5-8(10(15)16)20(17,18)19/h1-4,8,11H,5H2,(H,12,14)(H,15,16)(H,17,18,19). The Morgan fingerprint density at radius 2 is 1.85 bits per heavy atom. The van der Waals surface area contributed by atoms with Gasteiger partial charge in [0.05, 0.1) is 12.1 Å². The minimum absolute atomic E-state index is 0.280. The third-order valence-corrected chi connectivity index (χ3v) is 3.37. The number of rotatable bonds is 6. The summed E-state index contributed by atoms with van der Waals surface area (Å²) in [6.45, 7) is 0. The molecular weight excluding hydrogens is 290 g/mol. The number of carbonyl (C=O) groups is 2. The number of hydrogen-bond donors (Lipinski definition) is 4. The summed E-state index contributed by atoms with van der Waals surface area (Å²) in [7, 11) is -4.86. The molecule has 4 N–H and O–H groups in total. The Morgan fingerprint density at radius 1 is 1.30 bits per heavy atom. The van der Waals surface area contributed by atoms with Crippen molar-refractivity contribution < 1.29 is 27.7 Å². The monoisotopic (exact) mass is 301 g/mol. The lowest BCUT2D eigenvalue weighted by atomic mass is 10.2. The predicted molar refractivity (Wildman–Crippen MR) is 67.5 cm³/mol. The summed E-state index contributed by atoms with van der Waals surface area (Å²) in [6.07, 6.45) is -0.918. The van der Waals surface area contributed by atoms with Gasteiger partial charge in [-0.3, -0.25) is 14.1 Å². The summed E-state index contributed by atoms with van der Waals surface area (Å²) in [6, 6.07) is 5.68. The lowest BCUT2D eigenvalue weighted by Crippen LogP contribution is -2.33. The molecule has 0 spiro atoms. The second-order valence-corrected chi connectivity index (χ2v) is 5.35. The first-order valence-electron chi connectivity index (χ1n) is 5.20. The molecule has 0 aliphatic carbocycles. The van der Waals surface area contributed by atoms with Gasteiger partial charge in [0.25, 0.3) is 10.1 Å². The Labute approximate surface area is 113 Å². The Balaban J connectivity index is 2.75. The summed E-state index contributed by atoms with van der Waals surface area (Å²) in [5, 5.41) is 11.8. The molecule has 20 heavy (non-hydrogen) atoms. The predicted octanol–water partition coefficient (Wildman–Crippen LogP) is 1.02. The van der Waals surface area contributed by atoms with E-state index in [1.807, 2.05) is 0 Å². The number of aliphatic carboxylic acids is 1. The molecule has 1 rings (SSSR count). The van der Waals surface area contributed by atoms with E-state index < -0.39 is 33.7 Å². The summed E-state index contributed by atoms with van der Waals surface area (Å²) in [4.78, 5) is 22.2. The fourth-order valence-electron chi connectivity index (χ4n) is 1.32. The van der Waals surface area contributed by atoms with Crippen LogP contribution >= 0.6 is 0 Å². The van der Waals surface area contributed by atoms with Gasteiger partial charge in [-0.05, 0) is 24.3 Å². The van der Waals surface area contributed by atoms with Crippen molar-refractivity contribution in [3.63, 3.8) is 0 Å². The van der Waals surface area contributed by atoms with Gasteiger partial charge in [-0.1, -0.05) is 0 Å². The van der Waals surface area contributed by atoms with E-state index in [0.717, 1.165) is 0 Å². The topological polar surface area (TPSA) is 157 Å². The maximum absolute atomic E-state index is 11.5.